The Kier molecular flexibility index (Phi) is 8.65. The molecule has 1 aromatic heterocycles. The Morgan fingerprint density at radius 2 is 1.71 bits per heavy atom. The molecule has 180 valence electrons. The zero-order chi connectivity index (χ0) is 23.9. The average molecular weight is 495 g/mol. The number of aromatic nitrogens is 1. The third-order valence-corrected chi connectivity index (χ3v) is 7.26. The molecular formula is C28H35ClN4S. The van der Waals surface area contributed by atoms with E-state index in [-0.39, 0.29) is 0 Å². The lowest BCUT2D eigenvalue weighted by Gasteiger charge is -2.28. The van der Waals surface area contributed by atoms with Crippen molar-refractivity contribution >= 4 is 34.6 Å². The molecule has 3 aromatic rings. The van der Waals surface area contributed by atoms with Crippen molar-refractivity contribution in [2.24, 2.45) is 0 Å². The van der Waals surface area contributed by atoms with Crippen LogP contribution in [0.3, 0.4) is 0 Å². The second-order valence-electron chi connectivity index (χ2n) is 9.27. The second-order valence-corrected chi connectivity index (χ2v) is 10.1. The third kappa shape index (κ3) is 6.62. The first-order chi connectivity index (χ1) is 16.5. The second kappa shape index (κ2) is 11.9. The summed E-state index contributed by atoms with van der Waals surface area (Å²) in [6.45, 7) is 10.4. The molecule has 4 nitrogen and oxygen atoms in total. The summed E-state index contributed by atoms with van der Waals surface area (Å²) in [5, 5.41) is 5.12. The zero-order valence-corrected chi connectivity index (χ0v) is 21.8. The summed E-state index contributed by atoms with van der Waals surface area (Å²) in [6.07, 6.45) is 5.91. The van der Waals surface area contributed by atoms with Gasteiger partial charge in [0.15, 0.2) is 5.11 Å². The van der Waals surface area contributed by atoms with E-state index in [0.717, 1.165) is 48.4 Å². The highest BCUT2D eigenvalue weighted by molar-refractivity contribution is 7.80. The first-order valence-corrected chi connectivity index (χ1v) is 13.0. The van der Waals surface area contributed by atoms with Crippen LogP contribution in [0.15, 0.2) is 60.8 Å². The van der Waals surface area contributed by atoms with E-state index in [1.165, 1.54) is 48.3 Å². The molecule has 0 spiro atoms. The first-order valence-electron chi connectivity index (χ1n) is 12.2. The van der Waals surface area contributed by atoms with E-state index in [1.807, 2.05) is 12.1 Å². The lowest BCUT2D eigenvalue weighted by molar-refractivity contribution is 0.304. The lowest BCUT2D eigenvalue weighted by atomic mass is 10.1. The predicted octanol–water partition coefficient (Wildman–Crippen LogP) is 6.49. The van der Waals surface area contributed by atoms with Crippen molar-refractivity contribution < 1.29 is 0 Å². The van der Waals surface area contributed by atoms with Crippen LogP contribution in [0.1, 0.15) is 41.6 Å². The van der Waals surface area contributed by atoms with Gasteiger partial charge in [-0.3, -0.25) is 0 Å². The third-order valence-electron chi connectivity index (χ3n) is 6.64. The number of anilines is 1. The summed E-state index contributed by atoms with van der Waals surface area (Å²) in [7, 11) is 0. The highest BCUT2D eigenvalue weighted by Crippen LogP contribution is 2.21. The summed E-state index contributed by atoms with van der Waals surface area (Å²) < 4.78 is 2.30. The van der Waals surface area contributed by atoms with Crippen molar-refractivity contribution in [1.82, 2.24) is 14.4 Å². The molecule has 6 heteroatoms. The summed E-state index contributed by atoms with van der Waals surface area (Å²) in [5.74, 6) is 0. The van der Waals surface area contributed by atoms with Gasteiger partial charge in [-0.25, -0.2) is 0 Å². The van der Waals surface area contributed by atoms with Crippen LogP contribution in [0.2, 0.25) is 5.02 Å². The summed E-state index contributed by atoms with van der Waals surface area (Å²) in [5.41, 5.74) is 6.03. The Labute approximate surface area is 214 Å². The van der Waals surface area contributed by atoms with Gasteiger partial charge in [0, 0.05) is 35.7 Å². The van der Waals surface area contributed by atoms with Gasteiger partial charge in [0.2, 0.25) is 0 Å². The molecule has 1 aliphatic heterocycles. The van der Waals surface area contributed by atoms with Gasteiger partial charge in [0.05, 0.1) is 6.54 Å². The monoisotopic (exact) mass is 494 g/mol. The van der Waals surface area contributed by atoms with E-state index < -0.39 is 0 Å². The number of hydrogen-bond acceptors (Lipinski definition) is 2. The highest BCUT2D eigenvalue weighted by atomic mass is 35.5. The normalized spacial score (nSPS) is 13.9. The number of benzene rings is 2. The van der Waals surface area contributed by atoms with E-state index in [1.54, 1.807) is 0 Å². The van der Waals surface area contributed by atoms with Crippen LogP contribution in [-0.2, 0) is 13.1 Å². The molecule has 1 N–H and O–H groups in total. The van der Waals surface area contributed by atoms with Crippen LogP contribution >= 0.6 is 23.8 Å². The van der Waals surface area contributed by atoms with Crippen LogP contribution in [0.25, 0.3) is 0 Å². The summed E-state index contributed by atoms with van der Waals surface area (Å²) in [4.78, 5) is 4.90. The molecule has 1 saturated heterocycles. The quantitative estimate of drug-likeness (QED) is 0.343. The number of thiocarbonyl (C=S) groups is 1. The van der Waals surface area contributed by atoms with Gasteiger partial charge >= 0.3 is 0 Å². The first kappa shape index (κ1) is 24.8. The fourth-order valence-corrected chi connectivity index (χ4v) is 5.05. The Bertz CT molecular complexity index is 1070. The van der Waals surface area contributed by atoms with E-state index >= 15 is 0 Å². The molecule has 0 aliphatic carbocycles. The maximum atomic E-state index is 6.07. The van der Waals surface area contributed by atoms with Gasteiger partial charge in [-0.2, -0.15) is 0 Å². The zero-order valence-electron chi connectivity index (χ0n) is 20.3. The maximum absolute atomic E-state index is 6.07. The van der Waals surface area contributed by atoms with Gasteiger partial charge in [0.1, 0.15) is 0 Å². The maximum Gasteiger partial charge on any atom is 0.173 e. The molecule has 2 aromatic carbocycles. The van der Waals surface area contributed by atoms with Gasteiger partial charge in [-0.05, 0) is 106 Å². The molecule has 1 fully saturated rings. The molecule has 1 aliphatic rings. The minimum atomic E-state index is 0.767. The van der Waals surface area contributed by atoms with Gasteiger partial charge in [-0.15, -0.1) is 0 Å². The molecule has 4 rings (SSSR count). The van der Waals surface area contributed by atoms with E-state index in [0.29, 0.717) is 0 Å². The smallest absolute Gasteiger partial charge is 0.173 e. The van der Waals surface area contributed by atoms with Gasteiger partial charge in [-0.1, -0.05) is 41.9 Å². The van der Waals surface area contributed by atoms with Crippen molar-refractivity contribution in [3.8, 4) is 0 Å². The number of halogens is 1. The molecular weight excluding hydrogens is 460 g/mol. The van der Waals surface area contributed by atoms with Crippen molar-refractivity contribution in [2.75, 3.05) is 31.5 Å². The summed E-state index contributed by atoms with van der Waals surface area (Å²) >= 11 is 12.0. The molecule has 0 unspecified atom stereocenters. The van der Waals surface area contributed by atoms with Crippen LogP contribution in [-0.4, -0.2) is 45.7 Å². The Morgan fingerprint density at radius 3 is 2.41 bits per heavy atom. The van der Waals surface area contributed by atoms with E-state index in [2.05, 4.69) is 82.2 Å². The summed E-state index contributed by atoms with van der Waals surface area (Å²) in [6, 6.07) is 18.8. The van der Waals surface area contributed by atoms with Gasteiger partial charge in [0.25, 0.3) is 0 Å². The van der Waals surface area contributed by atoms with Gasteiger partial charge < -0.3 is 19.7 Å². The van der Waals surface area contributed by atoms with Crippen LogP contribution in [0.5, 0.6) is 0 Å². The number of nitrogens with one attached hydrogen (secondary N) is 1. The molecule has 0 atom stereocenters. The molecule has 0 amide bonds. The van der Waals surface area contributed by atoms with E-state index in [9.17, 15) is 0 Å². The van der Waals surface area contributed by atoms with Crippen molar-refractivity contribution in [1.29, 1.82) is 0 Å². The number of likely N-dealkylation sites (tertiary alicyclic amines) is 1. The topological polar surface area (TPSA) is 23.4 Å². The predicted molar refractivity (Wildman–Crippen MR) is 148 cm³/mol. The number of rotatable bonds is 9. The largest absolute Gasteiger partial charge is 0.345 e. The SMILES string of the molecule is Cc1cccc(C)c1NC(=S)N(CCCN1CCCC1)Cc1cccn1Cc1ccc(Cl)cc1. The van der Waals surface area contributed by atoms with Crippen molar-refractivity contribution in [3.63, 3.8) is 0 Å². The van der Waals surface area contributed by atoms with Crippen LogP contribution in [0.4, 0.5) is 5.69 Å². The number of para-hydroxylation sites is 1. The minimum absolute atomic E-state index is 0.767. The molecule has 2 heterocycles. The Hall–Kier alpha value is -2.34. The Morgan fingerprint density at radius 1 is 1.00 bits per heavy atom. The fraction of sp³-hybridized carbons (Fsp3) is 0.393. The molecule has 34 heavy (non-hydrogen) atoms. The average Bonchev–Trinajstić information content (AvgIpc) is 3.49. The lowest BCUT2D eigenvalue weighted by Crippen LogP contribution is -2.37. The standard InChI is InChI=1S/C28H35ClN4S/c1-22-8-5-9-23(2)27(22)30-28(34)33(19-7-17-31-15-3-4-16-31)21-26-10-6-18-32(26)20-24-11-13-25(29)14-12-24/h5-6,8-14,18H,3-4,7,15-17,19-21H2,1-2H3,(H,30,34). The minimum Gasteiger partial charge on any atom is -0.345 e. The fourth-order valence-electron chi connectivity index (χ4n) is 4.67. The highest BCUT2D eigenvalue weighted by Gasteiger charge is 2.17. The Balaban J connectivity index is 1.48. The number of nitrogens with zero attached hydrogens (tertiary/aromatic N) is 3. The molecule has 0 radical (unpaired) electrons. The van der Waals surface area contributed by atoms with Crippen molar-refractivity contribution in [2.45, 2.75) is 46.2 Å². The van der Waals surface area contributed by atoms with E-state index in [4.69, 9.17) is 23.8 Å². The van der Waals surface area contributed by atoms with Crippen molar-refractivity contribution in [3.05, 3.63) is 88.2 Å². The number of hydrogen-bond donors (Lipinski definition) is 1. The molecule has 0 bridgehead atoms. The van der Waals surface area contributed by atoms with Crippen LogP contribution in [0, 0.1) is 13.8 Å². The number of aryl methyl sites for hydroxylation is 2. The van der Waals surface area contributed by atoms with Crippen LogP contribution < -0.4 is 5.32 Å². The molecule has 0 saturated carbocycles.